The Kier molecular flexibility index (Phi) is 5.19. The van der Waals surface area contributed by atoms with Crippen LogP contribution in [0.1, 0.15) is 11.4 Å². The molecule has 130 valence electrons. The van der Waals surface area contributed by atoms with Gasteiger partial charge in [-0.25, -0.2) is 9.97 Å². The first-order chi connectivity index (χ1) is 12.0. The number of aryl methyl sites for hydroxylation is 2. The minimum Gasteiger partial charge on any atom is -0.353 e. The second-order valence-electron chi connectivity index (χ2n) is 5.86. The quantitative estimate of drug-likeness (QED) is 0.711. The van der Waals surface area contributed by atoms with E-state index < -0.39 is 0 Å². The molecule has 0 fully saturated rings. The molecule has 2 heterocycles. The van der Waals surface area contributed by atoms with E-state index in [-0.39, 0.29) is 12.5 Å². The molecule has 0 radical (unpaired) electrons. The zero-order chi connectivity index (χ0) is 17.8. The van der Waals surface area contributed by atoms with E-state index in [0.717, 1.165) is 27.3 Å². The third-order valence-corrected chi connectivity index (χ3v) is 4.15. The van der Waals surface area contributed by atoms with Gasteiger partial charge in [0.25, 0.3) is 0 Å². The molecule has 7 heteroatoms. The van der Waals surface area contributed by atoms with Gasteiger partial charge in [-0.3, -0.25) is 4.79 Å². The van der Waals surface area contributed by atoms with Gasteiger partial charge in [0.2, 0.25) is 11.9 Å². The molecule has 3 aromatic rings. The molecule has 3 rings (SSSR count). The van der Waals surface area contributed by atoms with Crippen LogP contribution in [0, 0.1) is 13.8 Å². The highest BCUT2D eigenvalue weighted by Gasteiger charge is 2.06. The van der Waals surface area contributed by atoms with Gasteiger partial charge in [-0.15, -0.1) is 0 Å². The molecule has 0 aliphatic rings. The van der Waals surface area contributed by atoms with Crippen molar-refractivity contribution in [2.24, 2.45) is 0 Å². The maximum absolute atomic E-state index is 12.0. The molecule has 25 heavy (non-hydrogen) atoms. The Bertz CT molecular complexity index is 885. The lowest BCUT2D eigenvalue weighted by atomic mass is 10.2. The van der Waals surface area contributed by atoms with Gasteiger partial charge in [-0.1, -0.05) is 17.7 Å². The summed E-state index contributed by atoms with van der Waals surface area (Å²) in [5.41, 5.74) is 2.80. The summed E-state index contributed by atoms with van der Waals surface area (Å²) >= 11 is 6.17. The van der Waals surface area contributed by atoms with Crippen LogP contribution in [-0.4, -0.2) is 33.5 Å². The van der Waals surface area contributed by atoms with Crippen LogP contribution in [0.3, 0.4) is 0 Å². The number of aromatic nitrogens is 3. The monoisotopic (exact) mass is 357 g/mol. The van der Waals surface area contributed by atoms with Gasteiger partial charge in [0, 0.05) is 46.6 Å². The van der Waals surface area contributed by atoms with Crippen LogP contribution in [0.2, 0.25) is 5.02 Å². The smallest absolute Gasteiger partial charge is 0.239 e. The third kappa shape index (κ3) is 4.28. The lowest BCUT2D eigenvalue weighted by Gasteiger charge is -2.09. The first kappa shape index (κ1) is 17.2. The van der Waals surface area contributed by atoms with E-state index in [9.17, 15) is 4.79 Å². The van der Waals surface area contributed by atoms with Crippen molar-refractivity contribution in [3.63, 3.8) is 0 Å². The second-order valence-corrected chi connectivity index (χ2v) is 6.27. The van der Waals surface area contributed by atoms with Gasteiger partial charge in [0.15, 0.2) is 0 Å². The van der Waals surface area contributed by atoms with Crippen LogP contribution in [-0.2, 0) is 11.3 Å². The van der Waals surface area contributed by atoms with Gasteiger partial charge in [-0.2, -0.15) is 0 Å². The minimum absolute atomic E-state index is 0.0998. The van der Waals surface area contributed by atoms with Gasteiger partial charge >= 0.3 is 0 Å². The number of amides is 1. The van der Waals surface area contributed by atoms with Crippen LogP contribution in [0.15, 0.2) is 36.5 Å². The summed E-state index contributed by atoms with van der Waals surface area (Å²) in [6.07, 6.45) is 1.98. The van der Waals surface area contributed by atoms with Crippen molar-refractivity contribution < 1.29 is 4.79 Å². The fourth-order valence-corrected chi connectivity index (χ4v) is 2.96. The molecular weight excluding hydrogens is 338 g/mol. The summed E-state index contributed by atoms with van der Waals surface area (Å²) in [6.45, 7) is 5.14. The van der Waals surface area contributed by atoms with Crippen LogP contribution in [0.4, 0.5) is 5.95 Å². The lowest BCUT2D eigenvalue weighted by Crippen LogP contribution is -2.32. The molecule has 0 atom stereocenters. The van der Waals surface area contributed by atoms with Crippen molar-refractivity contribution >= 4 is 34.4 Å². The van der Waals surface area contributed by atoms with Crippen LogP contribution in [0.25, 0.3) is 10.9 Å². The fraction of sp³-hybridized carbons (Fsp3) is 0.278. The molecule has 2 N–H and O–H groups in total. The fourth-order valence-electron chi connectivity index (χ4n) is 2.72. The Labute approximate surface area is 151 Å². The van der Waals surface area contributed by atoms with Crippen molar-refractivity contribution in [3.05, 3.63) is 52.9 Å². The van der Waals surface area contributed by atoms with Crippen molar-refractivity contribution in [1.29, 1.82) is 0 Å². The van der Waals surface area contributed by atoms with Gasteiger partial charge < -0.3 is 15.2 Å². The molecule has 0 bridgehead atoms. The van der Waals surface area contributed by atoms with E-state index in [1.54, 1.807) is 0 Å². The van der Waals surface area contributed by atoms with E-state index >= 15 is 0 Å². The molecule has 0 saturated carbocycles. The Morgan fingerprint density at radius 3 is 2.72 bits per heavy atom. The number of fused-ring (bicyclic) bond motifs is 1. The molecule has 0 aliphatic carbocycles. The van der Waals surface area contributed by atoms with Crippen LogP contribution < -0.4 is 10.6 Å². The van der Waals surface area contributed by atoms with Crippen molar-refractivity contribution in [2.75, 3.05) is 18.4 Å². The summed E-state index contributed by atoms with van der Waals surface area (Å²) in [6, 6.07) is 9.68. The highest BCUT2D eigenvalue weighted by molar-refractivity contribution is 6.35. The number of carbonyl (C=O) groups excluding carboxylic acids is 1. The highest BCUT2D eigenvalue weighted by atomic mass is 35.5. The van der Waals surface area contributed by atoms with Gasteiger partial charge in [-0.05, 0) is 38.1 Å². The second kappa shape index (κ2) is 7.53. The van der Waals surface area contributed by atoms with Crippen molar-refractivity contribution in [2.45, 2.75) is 20.4 Å². The van der Waals surface area contributed by atoms with Gasteiger partial charge in [0.05, 0.1) is 6.54 Å². The average molecular weight is 358 g/mol. The van der Waals surface area contributed by atoms with Crippen LogP contribution >= 0.6 is 11.6 Å². The Hall–Kier alpha value is -2.60. The summed E-state index contributed by atoms with van der Waals surface area (Å²) in [5.74, 6) is 0.371. The maximum atomic E-state index is 12.0. The third-order valence-electron chi connectivity index (χ3n) is 3.82. The maximum Gasteiger partial charge on any atom is 0.239 e. The Morgan fingerprint density at radius 1 is 1.20 bits per heavy atom. The zero-order valence-corrected chi connectivity index (χ0v) is 15.0. The van der Waals surface area contributed by atoms with E-state index in [1.807, 2.05) is 50.4 Å². The highest BCUT2D eigenvalue weighted by Crippen LogP contribution is 2.23. The standard InChI is InChI=1S/C18H20ClN5O/c1-12-10-13(2)23-18(22-12)21-11-17(25)20-7-9-24-8-6-14-15(19)4-3-5-16(14)24/h3-6,8,10H,7,9,11H2,1-2H3,(H,20,25)(H,21,22,23). The van der Waals surface area contributed by atoms with E-state index in [4.69, 9.17) is 11.6 Å². The van der Waals surface area contributed by atoms with Crippen molar-refractivity contribution in [1.82, 2.24) is 19.9 Å². The number of rotatable bonds is 6. The van der Waals surface area contributed by atoms with Gasteiger partial charge in [0.1, 0.15) is 0 Å². The summed E-state index contributed by atoms with van der Waals surface area (Å²) < 4.78 is 2.07. The molecule has 0 aliphatic heterocycles. The molecule has 2 aromatic heterocycles. The first-order valence-corrected chi connectivity index (χ1v) is 8.47. The van der Waals surface area contributed by atoms with Crippen LogP contribution in [0.5, 0.6) is 0 Å². The Balaban J connectivity index is 1.50. The zero-order valence-electron chi connectivity index (χ0n) is 14.2. The SMILES string of the molecule is Cc1cc(C)nc(NCC(=O)NCCn2ccc3c(Cl)cccc32)n1. The van der Waals surface area contributed by atoms with E-state index in [0.29, 0.717) is 19.0 Å². The minimum atomic E-state index is -0.0998. The summed E-state index contributed by atoms with van der Waals surface area (Å²) in [4.78, 5) is 20.5. The number of anilines is 1. The molecule has 0 spiro atoms. The van der Waals surface area contributed by atoms with Crippen molar-refractivity contribution in [3.8, 4) is 0 Å². The lowest BCUT2D eigenvalue weighted by molar-refractivity contribution is -0.119. The average Bonchev–Trinajstić information content (AvgIpc) is 2.97. The first-order valence-electron chi connectivity index (χ1n) is 8.09. The van der Waals surface area contributed by atoms with E-state index in [2.05, 4.69) is 25.2 Å². The largest absolute Gasteiger partial charge is 0.353 e. The number of hydrogen-bond donors (Lipinski definition) is 2. The number of nitrogens with zero attached hydrogens (tertiary/aromatic N) is 3. The van der Waals surface area contributed by atoms with E-state index in [1.165, 1.54) is 0 Å². The summed E-state index contributed by atoms with van der Waals surface area (Å²) in [7, 11) is 0. The molecule has 0 saturated heterocycles. The normalized spacial score (nSPS) is 10.8. The molecule has 1 aromatic carbocycles. The summed E-state index contributed by atoms with van der Waals surface area (Å²) in [5, 5.41) is 7.59. The molecule has 6 nitrogen and oxygen atoms in total. The number of carbonyl (C=O) groups is 1. The topological polar surface area (TPSA) is 71.8 Å². The molecular formula is C18H20ClN5O. The predicted molar refractivity (Wildman–Crippen MR) is 100.0 cm³/mol. The number of hydrogen-bond acceptors (Lipinski definition) is 4. The number of benzene rings is 1. The number of nitrogens with one attached hydrogen (secondary N) is 2. The molecule has 0 unspecified atom stereocenters. The molecule has 1 amide bonds. The number of halogens is 1. The Morgan fingerprint density at radius 2 is 1.96 bits per heavy atom. The predicted octanol–water partition coefficient (Wildman–Crippen LogP) is 2.93.